The van der Waals surface area contributed by atoms with Gasteiger partial charge in [0, 0.05) is 6.07 Å². The molecule has 1 aromatic rings. The Morgan fingerprint density at radius 3 is 2.52 bits per heavy atom. The van der Waals surface area contributed by atoms with Crippen LogP contribution in [0.4, 0.5) is 4.39 Å². The van der Waals surface area contributed by atoms with E-state index in [1.54, 1.807) is 19.1 Å². The summed E-state index contributed by atoms with van der Waals surface area (Å²) in [5.41, 5.74) is 5.55. The first-order valence-corrected chi connectivity index (χ1v) is 7.85. The van der Waals surface area contributed by atoms with Gasteiger partial charge >= 0.3 is 5.97 Å². The molecule has 4 nitrogen and oxygen atoms in total. The zero-order chi connectivity index (χ0) is 16.1. The second-order valence-corrected chi connectivity index (χ2v) is 6.02. The minimum absolute atomic E-state index is 0. The number of carbonyl (C=O) groups excluding carboxylic acids is 1. The zero-order valence-electron chi connectivity index (χ0n) is 13.5. The molecule has 0 aliphatic heterocycles. The van der Waals surface area contributed by atoms with E-state index in [4.69, 9.17) is 15.2 Å². The van der Waals surface area contributed by atoms with Crippen LogP contribution in [0.25, 0.3) is 0 Å². The molecule has 0 amide bonds. The minimum atomic E-state index is -0.666. The van der Waals surface area contributed by atoms with E-state index >= 15 is 0 Å². The number of ether oxygens (including phenoxy) is 2. The highest BCUT2D eigenvalue weighted by Crippen LogP contribution is 2.32. The van der Waals surface area contributed by atoms with Gasteiger partial charge in [0.1, 0.15) is 29.8 Å². The summed E-state index contributed by atoms with van der Waals surface area (Å²) in [5.74, 6) is -0.0269. The van der Waals surface area contributed by atoms with Gasteiger partial charge in [0.05, 0.1) is 0 Å². The maximum absolute atomic E-state index is 13.3. The number of hydrogen-bond acceptors (Lipinski definition) is 4. The smallest absolute Gasteiger partial charge is 0.323 e. The van der Waals surface area contributed by atoms with Crippen LogP contribution in [0.3, 0.4) is 0 Å². The Kier molecular flexibility index (Phi) is 7.79. The topological polar surface area (TPSA) is 61.6 Å². The van der Waals surface area contributed by atoms with E-state index in [-0.39, 0.29) is 24.3 Å². The Balaban J connectivity index is 0.00000264. The highest BCUT2D eigenvalue weighted by molar-refractivity contribution is 5.85. The van der Waals surface area contributed by atoms with Crippen LogP contribution in [0, 0.1) is 11.7 Å². The quantitative estimate of drug-likeness (QED) is 0.802. The molecule has 0 bridgehead atoms. The standard InChI is InChI=1S/C17H24FNO3.ClH/c1-11(19)17(20)21-12(2)16(13-6-3-4-7-13)22-15-9-5-8-14(18)10-15;/h5,8-13,16H,3-4,6-7,19H2,1-2H3;1H/t11-,12-,16-;/m0./s1. The largest absolute Gasteiger partial charge is 0.486 e. The van der Waals surface area contributed by atoms with E-state index < -0.39 is 18.1 Å². The molecule has 1 saturated carbocycles. The Morgan fingerprint density at radius 2 is 1.96 bits per heavy atom. The molecule has 6 heteroatoms. The van der Waals surface area contributed by atoms with Crippen molar-refractivity contribution in [1.82, 2.24) is 0 Å². The summed E-state index contributed by atoms with van der Waals surface area (Å²) in [5, 5.41) is 0. The highest BCUT2D eigenvalue weighted by Gasteiger charge is 2.33. The molecule has 2 N–H and O–H groups in total. The van der Waals surface area contributed by atoms with E-state index in [2.05, 4.69) is 0 Å². The van der Waals surface area contributed by atoms with E-state index in [0.29, 0.717) is 11.7 Å². The van der Waals surface area contributed by atoms with Crippen LogP contribution in [0.15, 0.2) is 24.3 Å². The summed E-state index contributed by atoms with van der Waals surface area (Å²) in [6.07, 6.45) is 3.63. The number of hydrogen-bond donors (Lipinski definition) is 1. The van der Waals surface area contributed by atoms with Crippen molar-refractivity contribution in [2.24, 2.45) is 11.7 Å². The molecule has 0 saturated heterocycles. The average Bonchev–Trinajstić information content (AvgIpc) is 2.98. The van der Waals surface area contributed by atoms with Crippen molar-refractivity contribution >= 4 is 18.4 Å². The van der Waals surface area contributed by atoms with Gasteiger partial charge < -0.3 is 15.2 Å². The summed E-state index contributed by atoms with van der Waals surface area (Å²) in [6.45, 7) is 3.40. The van der Waals surface area contributed by atoms with E-state index in [1.165, 1.54) is 12.1 Å². The predicted octanol–water partition coefficient (Wildman–Crippen LogP) is 3.46. The number of benzene rings is 1. The van der Waals surface area contributed by atoms with Crippen LogP contribution in [-0.2, 0) is 9.53 Å². The van der Waals surface area contributed by atoms with Crippen LogP contribution in [-0.4, -0.2) is 24.2 Å². The van der Waals surface area contributed by atoms with Crippen LogP contribution in [0.1, 0.15) is 39.5 Å². The lowest BCUT2D eigenvalue weighted by Gasteiger charge is -2.30. The van der Waals surface area contributed by atoms with E-state index in [1.807, 2.05) is 6.92 Å². The molecule has 2 rings (SSSR count). The lowest BCUT2D eigenvalue weighted by molar-refractivity contribution is -0.155. The Morgan fingerprint density at radius 1 is 1.30 bits per heavy atom. The van der Waals surface area contributed by atoms with Crippen LogP contribution < -0.4 is 10.5 Å². The van der Waals surface area contributed by atoms with Crippen molar-refractivity contribution in [2.45, 2.75) is 57.8 Å². The third-order valence-electron chi connectivity index (χ3n) is 4.07. The Hall–Kier alpha value is -1.33. The fourth-order valence-corrected chi connectivity index (χ4v) is 2.92. The molecule has 0 aromatic heterocycles. The molecule has 1 aliphatic carbocycles. The molecule has 1 aliphatic rings. The van der Waals surface area contributed by atoms with E-state index in [0.717, 1.165) is 25.7 Å². The molecule has 1 fully saturated rings. The number of carbonyl (C=O) groups is 1. The zero-order valence-corrected chi connectivity index (χ0v) is 14.4. The molecule has 3 atom stereocenters. The molecular weight excluding hydrogens is 321 g/mol. The summed E-state index contributed by atoms with van der Waals surface area (Å²) in [7, 11) is 0. The first kappa shape index (κ1) is 19.7. The summed E-state index contributed by atoms with van der Waals surface area (Å²) >= 11 is 0. The van der Waals surface area contributed by atoms with E-state index in [9.17, 15) is 9.18 Å². The van der Waals surface area contributed by atoms with Crippen molar-refractivity contribution < 1.29 is 18.7 Å². The van der Waals surface area contributed by atoms with Crippen molar-refractivity contribution in [1.29, 1.82) is 0 Å². The van der Waals surface area contributed by atoms with Gasteiger partial charge in [-0.2, -0.15) is 0 Å². The summed E-state index contributed by atoms with van der Waals surface area (Å²) < 4.78 is 24.7. The average molecular weight is 346 g/mol. The van der Waals surface area contributed by atoms with Gasteiger partial charge in [-0.05, 0) is 44.7 Å². The third kappa shape index (κ3) is 5.66. The van der Waals surface area contributed by atoms with Gasteiger partial charge in [0.25, 0.3) is 0 Å². The molecule has 0 spiro atoms. The van der Waals surface area contributed by atoms with Crippen LogP contribution >= 0.6 is 12.4 Å². The molecule has 0 heterocycles. The number of rotatable bonds is 6. The second kappa shape index (κ2) is 9.08. The SMILES string of the molecule is C[C@H](N)C(=O)O[C@@H](C)[C@H](Oc1cccc(F)c1)C1CCCC1.Cl. The van der Waals surface area contributed by atoms with Gasteiger partial charge in [-0.25, -0.2) is 4.39 Å². The molecule has 23 heavy (non-hydrogen) atoms. The minimum Gasteiger partial charge on any atom is -0.486 e. The highest BCUT2D eigenvalue weighted by atomic mass is 35.5. The van der Waals surface area contributed by atoms with Crippen molar-refractivity contribution in [3.8, 4) is 5.75 Å². The molecule has 130 valence electrons. The lowest BCUT2D eigenvalue weighted by atomic mass is 9.96. The third-order valence-corrected chi connectivity index (χ3v) is 4.07. The first-order valence-electron chi connectivity index (χ1n) is 7.85. The summed E-state index contributed by atoms with van der Waals surface area (Å²) in [4.78, 5) is 11.7. The van der Waals surface area contributed by atoms with Gasteiger partial charge in [-0.1, -0.05) is 18.9 Å². The molecular formula is C17H25ClFNO3. The van der Waals surface area contributed by atoms with Crippen LogP contribution in [0.5, 0.6) is 5.75 Å². The van der Waals surface area contributed by atoms with Gasteiger partial charge in [0.15, 0.2) is 0 Å². The van der Waals surface area contributed by atoms with Crippen LogP contribution in [0.2, 0.25) is 0 Å². The second-order valence-electron chi connectivity index (χ2n) is 6.02. The normalized spacial score (nSPS) is 18.6. The fourth-order valence-electron chi connectivity index (χ4n) is 2.92. The first-order chi connectivity index (χ1) is 10.5. The maximum Gasteiger partial charge on any atom is 0.323 e. The number of esters is 1. The monoisotopic (exact) mass is 345 g/mol. The molecule has 0 radical (unpaired) electrons. The fraction of sp³-hybridized carbons (Fsp3) is 0.588. The maximum atomic E-state index is 13.3. The molecule has 1 aromatic carbocycles. The molecule has 0 unspecified atom stereocenters. The van der Waals surface area contributed by atoms with Crippen molar-refractivity contribution in [3.63, 3.8) is 0 Å². The Labute approximate surface area is 142 Å². The Bertz CT molecular complexity index is 506. The van der Waals surface area contributed by atoms with Crippen molar-refractivity contribution in [3.05, 3.63) is 30.1 Å². The lowest BCUT2D eigenvalue weighted by Crippen LogP contribution is -2.41. The van der Waals surface area contributed by atoms with Gasteiger partial charge in [-0.3, -0.25) is 4.79 Å². The van der Waals surface area contributed by atoms with Gasteiger partial charge in [-0.15, -0.1) is 12.4 Å². The number of nitrogens with two attached hydrogens (primary N) is 1. The number of halogens is 2. The summed E-state index contributed by atoms with van der Waals surface area (Å²) in [6, 6.07) is 5.37. The van der Waals surface area contributed by atoms with Gasteiger partial charge in [0.2, 0.25) is 0 Å². The predicted molar refractivity (Wildman–Crippen MR) is 89.2 cm³/mol. The van der Waals surface area contributed by atoms with Crippen molar-refractivity contribution in [2.75, 3.05) is 0 Å².